The van der Waals surface area contributed by atoms with Crippen LogP contribution in [0.15, 0.2) is 29.7 Å². The Morgan fingerprint density at radius 1 is 1.19 bits per heavy atom. The van der Waals surface area contributed by atoms with Crippen LogP contribution in [0.5, 0.6) is 0 Å². The molecule has 1 saturated heterocycles. The lowest BCUT2D eigenvalue weighted by atomic mass is 9.93. The molecule has 1 heterocycles. The van der Waals surface area contributed by atoms with Crippen molar-refractivity contribution < 1.29 is 13.2 Å². The van der Waals surface area contributed by atoms with E-state index in [1.807, 2.05) is 52.9 Å². The first kappa shape index (κ1) is 21.4. The van der Waals surface area contributed by atoms with Crippen LogP contribution >= 0.6 is 0 Å². The van der Waals surface area contributed by atoms with Gasteiger partial charge in [0.2, 0.25) is 0 Å². The fraction of sp³-hybridized carbons (Fsp3) is 0.550. The van der Waals surface area contributed by atoms with Crippen molar-refractivity contribution in [3.05, 3.63) is 40.8 Å². The molecule has 2 N–H and O–H groups in total. The van der Waals surface area contributed by atoms with Gasteiger partial charge in [-0.3, -0.25) is 4.90 Å². The van der Waals surface area contributed by atoms with Crippen LogP contribution in [0.3, 0.4) is 0 Å². The number of urea groups is 1. The molecule has 0 saturated carbocycles. The molecule has 0 unspecified atom stereocenters. The molecule has 1 atom stereocenters. The molecule has 7 heteroatoms. The lowest BCUT2D eigenvalue weighted by Crippen LogP contribution is -2.34. The van der Waals surface area contributed by atoms with Crippen LogP contribution in [0.1, 0.15) is 63.5 Å². The molecule has 2 amide bonds. The molecule has 0 radical (unpaired) electrons. The highest BCUT2D eigenvalue weighted by atomic mass is 32.2. The van der Waals surface area contributed by atoms with Crippen molar-refractivity contribution in [3.8, 4) is 0 Å². The van der Waals surface area contributed by atoms with Crippen molar-refractivity contribution in [1.29, 1.82) is 0 Å². The molecule has 2 rings (SSSR count). The number of carbonyl (C=O) groups excluding carboxylic acids is 1. The Labute approximate surface area is 163 Å². The summed E-state index contributed by atoms with van der Waals surface area (Å²) < 4.78 is 26.6. The van der Waals surface area contributed by atoms with Crippen molar-refractivity contribution in [2.75, 3.05) is 18.9 Å². The minimum atomic E-state index is -3.85. The van der Waals surface area contributed by atoms with E-state index in [1.165, 1.54) is 0 Å². The number of benzene rings is 1. The van der Waals surface area contributed by atoms with E-state index >= 15 is 0 Å². The summed E-state index contributed by atoms with van der Waals surface area (Å²) in [6, 6.07) is 5.23. The van der Waals surface area contributed by atoms with Gasteiger partial charge < -0.3 is 5.32 Å². The zero-order valence-corrected chi connectivity index (χ0v) is 17.6. The summed E-state index contributed by atoms with van der Waals surface area (Å²) in [5.41, 5.74) is 2.66. The number of para-hydroxylation sites is 1. The molecule has 1 fully saturated rings. The Morgan fingerprint density at radius 2 is 1.78 bits per heavy atom. The maximum atomic E-state index is 12.4. The molecule has 1 aromatic rings. The number of nitrogens with zero attached hydrogens (tertiary/aromatic N) is 1. The molecule has 0 aliphatic carbocycles. The van der Waals surface area contributed by atoms with E-state index in [4.69, 9.17) is 0 Å². The van der Waals surface area contributed by atoms with E-state index < -0.39 is 16.1 Å². The van der Waals surface area contributed by atoms with E-state index in [2.05, 4.69) is 14.9 Å². The Bertz CT molecular complexity index is 774. The van der Waals surface area contributed by atoms with Crippen molar-refractivity contribution in [2.24, 2.45) is 0 Å². The summed E-state index contributed by atoms with van der Waals surface area (Å²) in [4.78, 5) is 14.5. The largest absolute Gasteiger partial charge is 0.333 e. The number of likely N-dealkylation sites (tertiary alicyclic amines) is 1. The first-order chi connectivity index (χ1) is 12.6. The first-order valence-electron chi connectivity index (χ1n) is 9.45. The van der Waals surface area contributed by atoms with Crippen molar-refractivity contribution in [2.45, 2.75) is 58.4 Å². The first-order valence-corrected chi connectivity index (χ1v) is 11.0. The molecule has 1 aliphatic rings. The summed E-state index contributed by atoms with van der Waals surface area (Å²) in [6.07, 6.45) is 3.61. The zero-order valence-electron chi connectivity index (χ0n) is 16.8. The third kappa shape index (κ3) is 5.81. The van der Waals surface area contributed by atoms with E-state index in [0.29, 0.717) is 5.69 Å². The van der Waals surface area contributed by atoms with Crippen molar-refractivity contribution >= 4 is 21.7 Å². The third-order valence-electron chi connectivity index (χ3n) is 4.90. The van der Waals surface area contributed by atoms with Crippen molar-refractivity contribution in [3.63, 3.8) is 0 Å². The second-order valence-electron chi connectivity index (χ2n) is 7.74. The number of likely N-dealkylation sites (N-methyl/N-ethyl adjacent to an activating group) is 1. The topological polar surface area (TPSA) is 78.5 Å². The van der Waals surface area contributed by atoms with Crippen LogP contribution in [-0.2, 0) is 10.0 Å². The average Bonchev–Trinajstić information content (AvgIpc) is 2.97. The highest BCUT2D eigenvalue weighted by Gasteiger charge is 2.21. The Morgan fingerprint density at radius 3 is 2.26 bits per heavy atom. The second kappa shape index (κ2) is 8.89. The fourth-order valence-electron chi connectivity index (χ4n) is 3.37. The van der Waals surface area contributed by atoms with Crippen LogP contribution in [0.4, 0.5) is 10.5 Å². The lowest BCUT2D eigenvalue weighted by Gasteiger charge is -2.20. The molecule has 6 nitrogen and oxygen atoms in total. The van der Waals surface area contributed by atoms with Gasteiger partial charge in [0.15, 0.2) is 0 Å². The van der Waals surface area contributed by atoms with Gasteiger partial charge in [-0.15, -0.1) is 0 Å². The highest BCUT2D eigenvalue weighted by Crippen LogP contribution is 2.32. The standard InChI is InChI=1S/C20H31N3O3S/c1-14(2)17-9-6-10-18(15(3)4)19(17)21-20(24)22-27(25,26)13-11-16-8-7-12-23(16)5/h6,9-11,13-16H,7-8,12H2,1-5H3,(H2,21,22,24)/b13-11+/t16-/m0/s1. The predicted octanol–water partition coefficient (Wildman–Crippen LogP) is 3.99. The van der Waals surface area contributed by atoms with Gasteiger partial charge >= 0.3 is 6.03 Å². The molecular weight excluding hydrogens is 362 g/mol. The van der Waals surface area contributed by atoms with Gasteiger partial charge in [0, 0.05) is 17.1 Å². The molecule has 150 valence electrons. The summed E-state index contributed by atoms with van der Waals surface area (Å²) in [7, 11) is -1.88. The number of amides is 2. The quantitative estimate of drug-likeness (QED) is 0.766. The summed E-state index contributed by atoms with van der Waals surface area (Å²) in [5, 5.41) is 3.86. The number of rotatable bonds is 6. The smallest absolute Gasteiger partial charge is 0.307 e. The SMILES string of the molecule is CC(C)c1cccc(C(C)C)c1NC(=O)NS(=O)(=O)/C=C/[C@@H]1CCCN1C. The maximum absolute atomic E-state index is 12.4. The van der Waals surface area contributed by atoms with E-state index in [9.17, 15) is 13.2 Å². The fourth-order valence-corrected chi connectivity index (χ4v) is 4.14. The normalized spacial score (nSPS) is 18.6. The van der Waals surface area contributed by atoms with Gasteiger partial charge in [0.25, 0.3) is 10.0 Å². The summed E-state index contributed by atoms with van der Waals surface area (Å²) in [6.45, 7) is 9.12. The average molecular weight is 394 g/mol. The number of anilines is 1. The van der Waals surface area contributed by atoms with Crippen LogP contribution in [0.25, 0.3) is 0 Å². The number of sulfonamides is 1. The molecule has 27 heavy (non-hydrogen) atoms. The summed E-state index contributed by atoms with van der Waals surface area (Å²) >= 11 is 0. The Balaban J connectivity index is 2.14. The van der Waals surface area contributed by atoms with Crippen LogP contribution in [0, 0.1) is 0 Å². The molecule has 0 spiro atoms. The molecule has 1 aliphatic heterocycles. The minimum Gasteiger partial charge on any atom is -0.307 e. The van der Waals surface area contributed by atoms with Gasteiger partial charge in [0.1, 0.15) is 0 Å². The number of hydrogen-bond donors (Lipinski definition) is 2. The second-order valence-corrected chi connectivity index (χ2v) is 9.31. The minimum absolute atomic E-state index is 0.0962. The lowest BCUT2D eigenvalue weighted by molar-refractivity contribution is 0.256. The molecule has 0 aromatic heterocycles. The van der Waals surface area contributed by atoms with E-state index in [0.717, 1.165) is 35.9 Å². The van der Waals surface area contributed by atoms with E-state index in [1.54, 1.807) is 6.08 Å². The van der Waals surface area contributed by atoms with Crippen molar-refractivity contribution in [1.82, 2.24) is 9.62 Å². The molecule has 1 aromatic carbocycles. The predicted molar refractivity (Wildman–Crippen MR) is 110 cm³/mol. The maximum Gasteiger partial charge on any atom is 0.333 e. The van der Waals surface area contributed by atoms with Crippen LogP contribution in [-0.4, -0.2) is 39.0 Å². The number of carbonyl (C=O) groups is 1. The molecule has 0 bridgehead atoms. The zero-order chi connectivity index (χ0) is 20.2. The monoisotopic (exact) mass is 393 g/mol. The van der Waals surface area contributed by atoms with Gasteiger partial charge in [-0.05, 0) is 49.4 Å². The van der Waals surface area contributed by atoms with Gasteiger partial charge in [0.05, 0.1) is 0 Å². The Hall–Kier alpha value is -1.86. The number of hydrogen-bond acceptors (Lipinski definition) is 4. The number of nitrogens with one attached hydrogen (secondary N) is 2. The van der Waals surface area contributed by atoms with Crippen LogP contribution in [0.2, 0.25) is 0 Å². The Kier molecular flexibility index (Phi) is 7.06. The van der Waals surface area contributed by atoms with E-state index in [-0.39, 0.29) is 17.9 Å². The highest BCUT2D eigenvalue weighted by molar-refractivity contribution is 7.92. The summed E-state index contributed by atoms with van der Waals surface area (Å²) in [5.74, 6) is 0.404. The third-order valence-corrected chi connectivity index (χ3v) is 5.89. The van der Waals surface area contributed by atoms with Gasteiger partial charge in [-0.25, -0.2) is 17.9 Å². The van der Waals surface area contributed by atoms with Crippen LogP contribution < -0.4 is 10.0 Å². The molecular formula is C20H31N3O3S. The van der Waals surface area contributed by atoms with Gasteiger partial charge in [-0.2, -0.15) is 0 Å². The van der Waals surface area contributed by atoms with Gasteiger partial charge in [-0.1, -0.05) is 52.0 Å².